The van der Waals surface area contributed by atoms with Gasteiger partial charge in [-0.1, -0.05) is 24.6 Å². The number of carbonyl (C=O) groups is 1. The van der Waals surface area contributed by atoms with Crippen molar-refractivity contribution in [2.24, 2.45) is 0 Å². The van der Waals surface area contributed by atoms with Crippen molar-refractivity contribution in [3.63, 3.8) is 0 Å². The molecule has 1 atom stereocenters. The summed E-state index contributed by atoms with van der Waals surface area (Å²) in [5.41, 5.74) is 0.434. The molecule has 106 valence electrons. The van der Waals surface area contributed by atoms with E-state index in [0.717, 1.165) is 5.75 Å². The molecule has 0 saturated carbocycles. The molecule has 1 aromatic rings. The van der Waals surface area contributed by atoms with Gasteiger partial charge in [-0.15, -0.1) is 11.8 Å². The van der Waals surface area contributed by atoms with E-state index >= 15 is 0 Å². The molecule has 0 fully saturated rings. The number of hydrogen-bond acceptors (Lipinski definition) is 3. The monoisotopic (exact) mass is 281 g/mol. The van der Waals surface area contributed by atoms with Crippen molar-refractivity contribution in [1.82, 2.24) is 5.32 Å². The van der Waals surface area contributed by atoms with Gasteiger partial charge in [0.15, 0.2) is 0 Å². The zero-order valence-electron chi connectivity index (χ0n) is 11.9. The molecule has 0 radical (unpaired) electrons. The molecule has 0 aliphatic carbocycles. The van der Waals surface area contributed by atoms with Crippen LogP contribution in [0.4, 0.5) is 0 Å². The van der Waals surface area contributed by atoms with Gasteiger partial charge in [0, 0.05) is 23.6 Å². The first kappa shape index (κ1) is 16.1. The highest BCUT2D eigenvalue weighted by atomic mass is 32.2. The van der Waals surface area contributed by atoms with Crippen LogP contribution in [-0.2, 0) is 4.79 Å². The number of rotatable bonds is 7. The maximum absolute atomic E-state index is 11.6. The van der Waals surface area contributed by atoms with E-state index in [2.05, 4.69) is 36.5 Å². The van der Waals surface area contributed by atoms with Crippen molar-refractivity contribution in [2.45, 2.75) is 44.1 Å². The van der Waals surface area contributed by atoms with Gasteiger partial charge in [-0.3, -0.25) is 4.79 Å². The second kappa shape index (κ2) is 7.56. The molecule has 0 saturated heterocycles. The van der Waals surface area contributed by atoms with Crippen LogP contribution in [0.5, 0.6) is 0 Å². The van der Waals surface area contributed by atoms with Gasteiger partial charge in [0.1, 0.15) is 0 Å². The average molecular weight is 281 g/mol. The number of benzene rings is 1. The number of aliphatic hydroxyl groups is 1. The van der Waals surface area contributed by atoms with E-state index in [4.69, 9.17) is 0 Å². The number of hydrogen-bond donors (Lipinski definition) is 2. The van der Waals surface area contributed by atoms with Crippen molar-refractivity contribution < 1.29 is 9.90 Å². The molecule has 0 aliphatic heterocycles. The van der Waals surface area contributed by atoms with Crippen molar-refractivity contribution in [3.8, 4) is 0 Å². The van der Waals surface area contributed by atoms with Gasteiger partial charge in [-0.05, 0) is 32.4 Å². The summed E-state index contributed by atoms with van der Waals surface area (Å²) in [5, 5.41) is 12.5. The van der Waals surface area contributed by atoms with Crippen molar-refractivity contribution in [2.75, 3.05) is 12.3 Å². The lowest BCUT2D eigenvalue weighted by Gasteiger charge is -2.21. The van der Waals surface area contributed by atoms with Gasteiger partial charge in [0.05, 0.1) is 5.60 Å². The Labute approximate surface area is 119 Å². The molecule has 3 nitrogen and oxygen atoms in total. The van der Waals surface area contributed by atoms with Crippen LogP contribution in [0.1, 0.15) is 32.3 Å². The van der Waals surface area contributed by atoms with Crippen LogP contribution in [0, 0.1) is 6.92 Å². The van der Waals surface area contributed by atoms with E-state index in [0.29, 0.717) is 19.4 Å². The molecular formula is C15H23NO2S. The SMILES string of the molecule is CCC(C)(O)CNC(=O)CCSc1ccc(C)cc1. The van der Waals surface area contributed by atoms with E-state index in [1.54, 1.807) is 18.7 Å². The molecule has 1 aromatic carbocycles. The van der Waals surface area contributed by atoms with Crippen LogP contribution >= 0.6 is 11.8 Å². The van der Waals surface area contributed by atoms with Gasteiger partial charge in [0.25, 0.3) is 0 Å². The predicted molar refractivity (Wildman–Crippen MR) is 80.4 cm³/mol. The fourth-order valence-corrected chi connectivity index (χ4v) is 2.25. The van der Waals surface area contributed by atoms with E-state index < -0.39 is 5.60 Å². The Morgan fingerprint density at radius 2 is 2.00 bits per heavy atom. The van der Waals surface area contributed by atoms with Crippen LogP contribution in [0.3, 0.4) is 0 Å². The summed E-state index contributed by atoms with van der Waals surface area (Å²) in [4.78, 5) is 12.8. The Kier molecular flexibility index (Phi) is 6.38. The lowest BCUT2D eigenvalue weighted by molar-refractivity contribution is -0.121. The lowest BCUT2D eigenvalue weighted by Crippen LogP contribution is -2.40. The average Bonchev–Trinajstić information content (AvgIpc) is 2.39. The number of aryl methyl sites for hydroxylation is 1. The van der Waals surface area contributed by atoms with Gasteiger partial charge in [0.2, 0.25) is 5.91 Å². The summed E-state index contributed by atoms with van der Waals surface area (Å²) in [7, 11) is 0. The molecule has 19 heavy (non-hydrogen) atoms. The molecular weight excluding hydrogens is 258 g/mol. The fourth-order valence-electron chi connectivity index (χ4n) is 1.40. The van der Waals surface area contributed by atoms with Crippen molar-refractivity contribution in [1.29, 1.82) is 0 Å². The number of nitrogens with one attached hydrogen (secondary N) is 1. The number of carbonyl (C=O) groups excluding carboxylic acids is 1. The summed E-state index contributed by atoms with van der Waals surface area (Å²) in [6, 6.07) is 8.28. The lowest BCUT2D eigenvalue weighted by atomic mass is 10.0. The Morgan fingerprint density at radius 3 is 2.58 bits per heavy atom. The highest BCUT2D eigenvalue weighted by Crippen LogP contribution is 2.18. The maximum Gasteiger partial charge on any atom is 0.220 e. The molecule has 1 rings (SSSR count). The molecule has 2 N–H and O–H groups in total. The first-order valence-corrected chi connectivity index (χ1v) is 7.60. The Morgan fingerprint density at radius 1 is 1.37 bits per heavy atom. The molecule has 0 bridgehead atoms. The summed E-state index contributed by atoms with van der Waals surface area (Å²) in [6.07, 6.45) is 1.10. The maximum atomic E-state index is 11.6. The van der Waals surface area contributed by atoms with E-state index in [1.165, 1.54) is 10.5 Å². The quantitative estimate of drug-likeness (QED) is 0.756. The van der Waals surface area contributed by atoms with Crippen LogP contribution in [-0.4, -0.2) is 28.9 Å². The standard InChI is InChI=1S/C15H23NO2S/c1-4-15(3,18)11-16-14(17)9-10-19-13-7-5-12(2)6-8-13/h5-8,18H,4,9-11H2,1-3H3,(H,16,17). The Bertz CT molecular complexity index is 401. The minimum absolute atomic E-state index is 0.00617. The third-order valence-corrected chi connectivity index (χ3v) is 4.06. The van der Waals surface area contributed by atoms with E-state index in [-0.39, 0.29) is 5.91 Å². The summed E-state index contributed by atoms with van der Waals surface area (Å²) in [5.74, 6) is 0.747. The van der Waals surface area contributed by atoms with E-state index in [9.17, 15) is 9.90 Å². The smallest absolute Gasteiger partial charge is 0.220 e. The highest BCUT2D eigenvalue weighted by Gasteiger charge is 2.17. The zero-order chi connectivity index (χ0) is 14.3. The highest BCUT2D eigenvalue weighted by molar-refractivity contribution is 7.99. The van der Waals surface area contributed by atoms with Crippen LogP contribution < -0.4 is 5.32 Å². The predicted octanol–water partition coefficient (Wildman–Crippen LogP) is 2.75. The van der Waals surface area contributed by atoms with E-state index in [1.807, 2.05) is 6.92 Å². The molecule has 0 aliphatic rings. The second-order valence-corrected chi connectivity index (χ2v) is 6.21. The molecule has 1 amide bonds. The minimum Gasteiger partial charge on any atom is -0.388 e. The first-order chi connectivity index (χ1) is 8.93. The topological polar surface area (TPSA) is 49.3 Å². The fraction of sp³-hybridized carbons (Fsp3) is 0.533. The summed E-state index contributed by atoms with van der Waals surface area (Å²) >= 11 is 1.67. The first-order valence-electron chi connectivity index (χ1n) is 6.61. The Hall–Kier alpha value is -1.00. The third kappa shape index (κ3) is 6.64. The molecule has 4 heteroatoms. The number of amides is 1. The number of thioether (sulfide) groups is 1. The second-order valence-electron chi connectivity index (χ2n) is 5.04. The molecule has 0 aromatic heterocycles. The van der Waals surface area contributed by atoms with Crippen LogP contribution in [0.2, 0.25) is 0 Å². The molecule has 1 unspecified atom stereocenters. The normalized spacial score (nSPS) is 13.9. The third-order valence-electron chi connectivity index (χ3n) is 3.05. The van der Waals surface area contributed by atoms with Gasteiger partial charge in [-0.25, -0.2) is 0 Å². The largest absolute Gasteiger partial charge is 0.388 e. The zero-order valence-corrected chi connectivity index (χ0v) is 12.7. The van der Waals surface area contributed by atoms with Crippen molar-refractivity contribution in [3.05, 3.63) is 29.8 Å². The molecule has 0 spiro atoms. The van der Waals surface area contributed by atoms with Crippen molar-refractivity contribution >= 4 is 17.7 Å². The summed E-state index contributed by atoms with van der Waals surface area (Å²) < 4.78 is 0. The van der Waals surface area contributed by atoms with Gasteiger partial charge in [-0.2, -0.15) is 0 Å². The minimum atomic E-state index is -0.806. The van der Waals surface area contributed by atoms with Crippen LogP contribution in [0.25, 0.3) is 0 Å². The Balaban J connectivity index is 2.22. The molecule has 0 heterocycles. The summed E-state index contributed by atoms with van der Waals surface area (Å²) in [6.45, 7) is 6.01. The van der Waals surface area contributed by atoms with Gasteiger partial charge < -0.3 is 10.4 Å². The van der Waals surface area contributed by atoms with Gasteiger partial charge >= 0.3 is 0 Å². The van der Waals surface area contributed by atoms with Crippen LogP contribution in [0.15, 0.2) is 29.2 Å².